The smallest absolute Gasteiger partial charge is 0.252 e. The topological polar surface area (TPSA) is 88.2 Å². The summed E-state index contributed by atoms with van der Waals surface area (Å²) in [5.74, 6) is -0.566. The minimum atomic E-state index is -0.264. The summed E-state index contributed by atoms with van der Waals surface area (Å²) >= 11 is 1.24. The molecule has 0 aliphatic rings. The second kappa shape index (κ2) is 7.46. The van der Waals surface area contributed by atoms with Gasteiger partial charge in [-0.15, -0.1) is 11.3 Å². The van der Waals surface area contributed by atoms with Gasteiger partial charge in [0.1, 0.15) is 0 Å². The Balaban J connectivity index is 1.75. The van der Waals surface area contributed by atoms with Gasteiger partial charge >= 0.3 is 0 Å². The number of aromatic nitrogens is 1. The van der Waals surface area contributed by atoms with Gasteiger partial charge in [0.2, 0.25) is 0 Å². The summed E-state index contributed by atoms with van der Waals surface area (Å²) in [5, 5.41) is 7.01. The zero-order chi connectivity index (χ0) is 15.9. The molecule has 2 rings (SSSR count). The number of nitrogens with one attached hydrogen (secondary N) is 2. The molecule has 0 unspecified atom stereocenters. The minimum Gasteiger partial charge on any atom is -0.350 e. The number of nitrogens with zero attached hydrogens (tertiary/aromatic N) is 1. The van der Waals surface area contributed by atoms with E-state index in [1.165, 1.54) is 24.5 Å². The molecule has 0 radical (unpaired) electrons. The maximum Gasteiger partial charge on any atom is 0.252 e. The van der Waals surface area contributed by atoms with Crippen molar-refractivity contribution >= 4 is 28.9 Å². The van der Waals surface area contributed by atoms with Gasteiger partial charge in [-0.3, -0.25) is 19.4 Å². The van der Waals surface area contributed by atoms with E-state index in [1.54, 1.807) is 29.8 Å². The van der Waals surface area contributed by atoms with E-state index in [4.69, 9.17) is 0 Å². The van der Waals surface area contributed by atoms with Crippen molar-refractivity contribution in [3.63, 3.8) is 0 Å². The summed E-state index contributed by atoms with van der Waals surface area (Å²) in [6, 6.07) is 4.91. The maximum absolute atomic E-state index is 11.9. The van der Waals surface area contributed by atoms with Crippen molar-refractivity contribution < 1.29 is 14.4 Å². The van der Waals surface area contributed by atoms with Gasteiger partial charge in [-0.05, 0) is 25.1 Å². The van der Waals surface area contributed by atoms with Crippen LogP contribution in [-0.4, -0.2) is 35.7 Å². The molecule has 114 valence electrons. The molecule has 0 aromatic carbocycles. The van der Waals surface area contributed by atoms with Crippen LogP contribution in [0.4, 0.5) is 0 Å². The number of thiophene rings is 1. The fourth-order valence-electron chi connectivity index (χ4n) is 1.69. The van der Waals surface area contributed by atoms with E-state index >= 15 is 0 Å². The van der Waals surface area contributed by atoms with E-state index < -0.39 is 0 Å². The van der Waals surface area contributed by atoms with Crippen LogP contribution in [0.3, 0.4) is 0 Å². The molecule has 2 N–H and O–H groups in total. The van der Waals surface area contributed by atoms with Gasteiger partial charge in [-0.1, -0.05) is 0 Å². The first-order valence-electron chi connectivity index (χ1n) is 6.64. The van der Waals surface area contributed by atoms with E-state index in [-0.39, 0.29) is 17.6 Å². The number of carbonyl (C=O) groups excluding carboxylic acids is 3. The Morgan fingerprint density at radius 1 is 1.14 bits per heavy atom. The SMILES string of the molecule is CC(=O)c1cc(C(=O)NCCNC(=O)c2cccnc2)cs1. The highest BCUT2D eigenvalue weighted by atomic mass is 32.1. The van der Waals surface area contributed by atoms with Gasteiger partial charge in [-0.2, -0.15) is 0 Å². The maximum atomic E-state index is 11.9. The van der Waals surface area contributed by atoms with Gasteiger partial charge in [0.05, 0.1) is 16.0 Å². The fourth-order valence-corrected chi connectivity index (χ4v) is 2.48. The Kier molecular flexibility index (Phi) is 5.37. The molecule has 7 heteroatoms. The summed E-state index contributed by atoms with van der Waals surface area (Å²) in [4.78, 5) is 39.2. The lowest BCUT2D eigenvalue weighted by Crippen LogP contribution is -2.34. The monoisotopic (exact) mass is 317 g/mol. The number of hydrogen-bond donors (Lipinski definition) is 2. The first-order chi connectivity index (χ1) is 10.6. The van der Waals surface area contributed by atoms with Crippen LogP contribution >= 0.6 is 11.3 Å². The third kappa shape index (κ3) is 4.23. The molecule has 0 spiro atoms. The standard InChI is InChI=1S/C15H15N3O3S/c1-10(19)13-7-12(9-22-13)15(21)18-6-5-17-14(20)11-3-2-4-16-8-11/h2-4,7-9H,5-6H2,1H3,(H,17,20)(H,18,21). The van der Waals surface area contributed by atoms with Crippen molar-refractivity contribution in [3.05, 3.63) is 52.0 Å². The lowest BCUT2D eigenvalue weighted by molar-refractivity contribution is 0.0927. The van der Waals surface area contributed by atoms with Gasteiger partial charge in [0, 0.05) is 30.9 Å². The quantitative estimate of drug-likeness (QED) is 0.624. The molecule has 0 bridgehead atoms. The van der Waals surface area contributed by atoms with Crippen LogP contribution in [0.2, 0.25) is 0 Å². The third-order valence-corrected chi connectivity index (χ3v) is 3.86. The molecule has 2 amide bonds. The van der Waals surface area contributed by atoms with Crippen LogP contribution in [-0.2, 0) is 0 Å². The van der Waals surface area contributed by atoms with Gasteiger partial charge in [-0.25, -0.2) is 0 Å². The largest absolute Gasteiger partial charge is 0.350 e. The highest BCUT2D eigenvalue weighted by molar-refractivity contribution is 7.12. The van der Waals surface area contributed by atoms with E-state index in [9.17, 15) is 14.4 Å². The van der Waals surface area contributed by atoms with Crippen LogP contribution in [0.1, 0.15) is 37.3 Å². The van der Waals surface area contributed by atoms with Crippen molar-refractivity contribution in [2.45, 2.75) is 6.92 Å². The Morgan fingerprint density at radius 2 is 1.82 bits per heavy atom. The molecule has 2 heterocycles. The Hall–Kier alpha value is -2.54. The summed E-state index contributed by atoms with van der Waals surface area (Å²) in [6.45, 7) is 2.07. The number of pyridine rings is 1. The van der Waals surface area contributed by atoms with Crippen LogP contribution in [0.5, 0.6) is 0 Å². The molecule has 0 saturated heterocycles. The summed E-state index contributed by atoms with van der Waals surface area (Å²) in [7, 11) is 0. The number of hydrogen-bond acceptors (Lipinski definition) is 5. The fraction of sp³-hybridized carbons (Fsp3) is 0.200. The summed E-state index contributed by atoms with van der Waals surface area (Å²) in [6.07, 6.45) is 3.07. The van der Waals surface area contributed by atoms with E-state index in [0.29, 0.717) is 29.1 Å². The third-order valence-electron chi connectivity index (χ3n) is 2.83. The first kappa shape index (κ1) is 15.8. The molecule has 0 fully saturated rings. The highest BCUT2D eigenvalue weighted by Crippen LogP contribution is 2.14. The number of amides is 2. The molecule has 0 aliphatic heterocycles. The average molecular weight is 317 g/mol. The molecule has 6 nitrogen and oxygen atoms in total. The predicted octanol–water partition coefficient (Wildman–Crippen LogP) is 1.51. The minimum absolute atomic E-state index is 0.0622. The summed E-state index contributed by atoms with van der Waals surface area (Å²) < 4.78 is 0. The van der Waals surface area contributed by atoms with Crippen LogP contribution in [0, 0.1) is 0 Å². The van der Waals surface area contributed by atoms with Crippen molar-refractivity contribution in [1.82, 2.24) is 15.6 Å². The Morgan fingerprint density at radius 3 is 2.36 bits per heavy atom. The lowest BCUT2D eigenvalue weighted by atomic mass is 10.2. The van der Waals surface area contributed by atoms with Crippen LogP contribution < -0.4 is 10.6 Å². The van der Waals surface area contributed by atoms with E-state index in [1.807, 2.05) is 0 Å². The highest BCUT2D eigenvalue weighted by Gasteiger charge is 2.10. The Labute approximate surface area is 131 Å². The second-order valence-electron chi connectivity index (χ2n) is 4.51. The zero-order valence-electron chi connectivity index (χ0n) is 12.0. The zero-order valence-corrected chi connectivity index (χ0v) is 12.8. The van der Waals surface area contributed by atoms with Crippen LogP contribution in [0.25, 0.3) is 0 Å². The lowest BCUT2D eigenvalue weighted by Gasteiger charge is -2.06. The number of carbonyl (C=O) groups is 3. The van der Waals surface area contributed by atoms with Crippen molar-refractivity contribution in [1.29, 1.82) is 0 Å². The molecule has 2 aromatic heterocycles. The Bertz CT molecular complexity index is 682. The predicted molar refractivity (Wildman–Crippen MR) is 83.2 cm³/mol. The van der Waals surface area contributed by atoms with Gasteiger partial charge in [0.25, 0.3) is 11.8 Å². The number of rotatable bonds is 6. The second-order valence-corrected chi connectivity index (χ2v) is 5.42. The molecular formula is C15H15N3O3S. The molecule has 22 heavy (non-hydrogen) atoms. The first-order valence-corrected chi connectivity index (χ1v) is 7.52. The van der Waals surface area contributed by atoms with E-state index in [0.717, 1.165) is 0 Å². The molecule has 0 saturated carbocycles. The number of ketones is 1. The molecular weight excluding hydrogens is 302 g/mol. The van der Waals surface area contributed by atoms with Gasteiger partial charge < -0.3 is 10.6 Å². The normalized spacial score (nSPS) is 10.0. The van der Waals surface area contributed by atoms with Gasteiger partial charge in [0.15, 0.2) is 5.78 Å². The molecule has 0 atom stereocenters. The average Bonchev–Trinajstić information content (AvgIpc) is 3.02. The van der Waals surface area contributed by atoms with E-state index in [2.05, 4.69) is 15.6 Å². The van der Waals surface area contributed by atoms with Crippen molar-refractivity contribution in [3.8, 4) is 0 Å². The number of Topliss-reactive ketones (excluding diaryl/α,β-unsaturated/α-hetero) is 1. The molecule has 0 aliphatic carbocycles. The molecule has 2 aromatic rings. The van der Waals surface area contributed by atoms with Crippen molar-refractivity contribution in [2.24, 2.45) is 0 Å². The summed E-state index contributed by atoms with van der Waals surface area (Å²) in [5.41, 5.74) is 0.923. The van der Waals surface area contributed by atoms with Crippen LogP contribution in [0.15, 0.2) is 36.0 Å². The van der Waals surface area contributed by atoms with Crippen molar-refractivity contribution in [2.75, 3.05) is 13.1 Å².